The van der Waals surface area contributed by atoms with Gasteiger partial charge in [0.05, 0.1) is 17.3 Å². The number of hydrogen-bond acceptors (Lipinski definition) is 4. The summed E-state index contributed by atoms with van der Waals surface area (Å²) in [6.07, 6.45) is 9.62. The van der Waals surface area contributed by atoms with Gasteiger partial charge in [-0.2, -0.15) is 5.10 Å². The first-order valence-electron chi connectivity index (χ1n) is 6.32. The van der Waals surface area contributed by atoms with Crippen LogP contribution in [0.2, 0.25) is 0 Å². The number of hydrogen-bond donors (Lipinski definition) is 2. The van der Waals surface area contributed by atoms with E-state index in [1.165, 1.54) is 6.20 Å². The maximum absolute atomic E-state index is 11.4. The minimum atomic E-state index is -1.03. The number of carboxylic acids is 1. The normalized spacial score (nSPS) is 12.1. The highest BCUT2D eigenvalue weighted by Gasteiger charge is 2.18. The molecule has 2 N–H and O–H groups in total. The van der Waals surface area contributed by atoms with Crippen molar-refractivity contribution in [3.63, 3.8) is 0 Å². The summed E-state index contributed by atoms with van der Waals surface area (Å²) in [5, 5.41) is 17.3. The molecule has 2 heterocycles. The van der Waals surface area contributed by atoms with Crippen LogP contribution >= 0.6 is 0 Å². The van der Waals surface area contributed by atoms with Crippen molar-refractivity contribution in [3.8, 4) is 12.3 Å². The maximum atomic E-state index is 11.4. The minimum Gasteiger partial charge on any atom is -0.478 e. The summed E-state index contributed by atoms with van der Waals surface area (Å²) >= 11 is 0. The van der Waals surface area contributed by atoms with Crippen LogP contribution in [0.25, 0.3) is 11.0 Å². The largest absolute Gasteiger partial charge is 0.478 e. The Labute approximate surface area is 116 Å². The minimum absolute atomic E-state index is 0.0175. The molecule has 0 saturated heterocycles. The molecule has 0 aliphatic carbocycles. The number of carboxylic acid groups (broad SMARTS) is 1. The Bertz CT molecular complexity index is 684. The Morgan fingerprint density at radius 1 is 1.60 bits per heavy atom. The van der Waals surface area contributed by atoms with Gasteiger partial charge in [-0.15, -0.1) is 12.3 Å². The number of rotatable bonds is 5. The summed E-state index contributed by atoms with van der Waals surface area (Å²) in [5.74, 6) is 1.57. The molecule has 2 aromatic rings. The number of aryl methyl sites for hydroxylation is 1. The Morgan fingerprint density at radius 2 is 2.35 bits per heavy atom. The molecule has 6 nitrogen and oxygen atoms in total. The molecule has 20 heavy (non-hydrogen) atoms. The van der Waals surface area contributed by atoms with E-state index < -0.39 is 5.97 Å². The van der Waals surface area contributed by atoms with E-state index in [4.69, 9.17) is 6.42 Å². The third kappa shape index (κ3) is 2.43. The van der Waals surface area contributed by atoms with Crippen molar-refractivity contribution < 1.29 is 9.90 Å². The van der Waals surface area contributed by atoms with E-state index in [-0.39, 0.29) is 11.6 Å². The monoisotopic (exact) mass is 272 g/mol. The highest BCUT2D eigenvalue weighted by molar-refractivity contribution is 6.03. The van der Waals surface area contributed by atoms with Gasteiger partial charge in [0, 0.05) is 25.7 Å². The third-order valence-electron chi connectivity index (χ3n) is 3.20. The van der Waals surface area contributed by atoms with Crippen LogP contribution in [0.15, 0.2) is 12.4 Å². The second-order valence-electron chi connectivity index (χ2n) is 4.52. The van der Waals surface area contributed by atoms with E-state index in [1.807, 2.05) is 6.92 Å². The Morgan fingerprint density at radius 3 is 2.95 bits per heavy atom. The molecule has 0 fully saturated rings. The van der Waals surface area contributed by atoms with Gasteiger partial charge in [0.2, 0.25) is 0 Å². The van der Waals surface area contributed by atoms with Crippen LogP contribution in [0.1, 0.15) is 30.1 Å². The van der Waals surface area contributed by atoms with E-state index in [1.54, 1.807) is 17.9 Å². The fourth-order valence-corrected chi connectivity index (χ4v) is 2.06. The van der Waals surface area contributed by atoms with Crippen LogP contribution in [0.5, 0.6) is 0 Å². The molecule has 0 aromatic carbocycles. The molecule has 0 saturated carbocycles. The summed E-state index contributed by atoms with van der Waals surface area (Å²) in [5.41, 5.74) is 1.28. The molecule has 0 amide bonds. The summed E-state index contributed by atoms with van der Waals surface area (Å²) in [6, 6.07) is 0.0175. The number of anilines is 1. The predicted octanol–water partition coefficient (Wildman–Crippen LogP) is 1.88. The SMILES string of the molecule is C#CCC(CC)Nc1c(C(=O)O)cnc2c1cnn2C. The first kappa shape index (κ1) is 13.9. The summed E-state index contributed by atoms with van der Waals surface area (Å²) in [7, 11) is 1.76. The lowest BCUT2D eigenvalue weighted by Crippen LogP contribution is -2.20. The number of terminal acetylenes is 1. The van der Waals surface area contributed by atoms with E-state index in [0.29, 0.717) is 23.1 Å². The molecule has 6 heteroatoms. The summed E-state index contributed by atoms with van der Waals surface area (Å²) in [4.78, 5) is 15.5. The quantitative estimate of drug-likeness (QED) is 0.812. The van der Waals surface area contributed by atoms with Crippen LogP contribution in [-0.4, -0.2) is 31.9 Å². The van der Waals surface area contributed by atoms with Crippen molar-refractivity contribution in [1.82, 2.24) is 14.8 Å². The molecule has 0 aliphatic heterocycles. The second kappa shape index (κ2) is 5.61. The number of pyridine rings is 1. The molecule has 0 bridgehead atoms. The first-order valence-corrected chi connectivity index (χ1v) is 6.32. The van der Waals surface area contributed by atoms with Gasteiger partial charge in [0.25, 0.3) is 0 Å². The maximum Gasteiger partial charge on any atom is 0.339 e. The number of aromatic carboxylic acids is 1. The smallest absolute Gasteiger partial charge is 0.339 e. The van der Waals surface area contributed by atoms with Crippen molar-refractivity contribution in [2.75, 3.05) is 5.32 Å². The van der Waals surface area contributed by atoms with Gasteiger partial charge in [-0.25, -0.2) is 9.78 Å². The average molecular weight is 272 g/mol. The third-order valence-corrected chi connectivity index (χ3v) is 3.20. The van der Waals surface area contributed by atoms with Gasteiger partial charge >= 0.3 is 5.97 Å². The lowest BCUT2D eigenvalue weighted by atomic mass is 10.1. The number of nitrogens with one attached hydrogen (secondary N) is 1. The average Bonchev–Trinajstić information content (AvgIpc) is 2.80. The highest BCUT2D eigenvalue weighted by Crippen LogP contribution is 2.27. The Kier molecular flexibility index (Phi) is 3.89. The second-order valence-corrected chi connectivity index (χ2v) is 4.52. The Hall–Kier alpha value is -2.55. The van der Waals surface area contributed by atoms with Crippen LogP contribution in [0.3, 0.4) is 0 Å². The molecule has 0 aliphatic rings. The molecule has 1 unspecified atom stereocenters. The summed E-state index contributed by atoms with van der Waals surface area (Å²) < 4.78 is 1.61. The molecule has 1 atom stereocenters. The zero-order chi connectivity index (χ0) is 14.7. The van der Waals surface area contributed by atoms with Gasteiger partial charge in [-0.3, -0.25) is 4.68 Å². The van der Waals surface area contributed by atoms with Crippen molar-refractivity contribution in [2.24, 2.45) is 7.05 Å². The van der Waals surface area contributed by atoms with Gasteiger partial charge in [-0.1, -0.05) is 6.92 Å². The van der Waals surface area contributed by atoms with E-state index in [0.717, 1.165) is 6.42 Å². The van der Waals surface area contributed by atoms with Crippen LogP contribution < -0.4 is 5.32 Å². The van der Waals surface area contributed by atoms with Gasteiger partial charge in [0.15, 0.2) is 5.65 Å². The van der Waals surface area contributed by atoms with Crippen molar-refractivity contribution in [2.45, 2.75) is 25.8 Å². The topological polar surface area (TPSA) is 80.0 Å². The lowest BCUT2D eigenvalue weighted by Gasteiger charge is -2.18. The van der Waals surface area contributed by atoms with E-state index in [9.17, 15) is 9.90 Å². The molecule has 2 aromatic heterocycles. The number of carbonyl (C=O) groups is 1. The zero-order valence-corrected chi connectivity index (χ0v) is 11.4. The molecular weight excluding hydrogens is 256 g/mol. The summed E-state index contributed by atoms with van der Waals surface area (Å²) in [6.45, 7) is 2.00. The van der Waals surface area contributed by atoms with Crippen molar-refractivity contribution in [3.05, 3.63) is 18.0 Å². The zero-order valence-electron chi connectivity index (χ0n) is 11.4. The predicted molar refractivity (Wildman–Crippen MR) is 76.6 cm³/mol. The van der Waals surface area contributed by atoms with Gasteiger partial charge < -0.3 is 10.4 Å². The van der Waals surface area contributed by atoms with Crippen LogP contribution in [0, 0.1) is 12.3 Å². The molecular formula is C14H16N4O2. The molecule has 0 radical (unpaired) electrons. The molecule has 2 rings (SSSR count). The van der Waals surface area contributed by atoms with Crippen molar-refractivity contribution in [1.29, 1.82) is 0 Å². The number of fused-ring (bicyclic) bond motifs is 1. The van der Waals surface area contributed by atoms with Gasteiger partial charge in [0.1, 0.15) is 5.56 Å². The molecule has 104 valence electrons. The van der Waals surface area contributed by atoms with E-state index in [2.05, 4.69) is 21.3 Å². The molecule has 0 spiro atoms. The Balaban J connectivity index is 2.55. The van der Waals surface area contributed by atoms with Crippen LogP contribution in [-0.2, 0) is 7.05 Å². The van der Waals surface area contributed by atoms with Crippen LogP contribution in [0.4, 0.5) is 5.69 Å². The fraction of sp³-hybridized carbons (Fsp3) is 0.357. The highest BCUT2D eigenvalue weighted by atomic mass is 16.4. The number of nitrogens with zero attached hydrogens (tertiary/aromatic N) is 3. The first-order chi connectivity index (χ1) is 9.58. The standard InChI is InChI=1S/C14H16N4O2/c1-4-6-9(5-2)17-12-10-8-16-18(3)13(10)15-7-11(12)14(19)20/h1,7-9H,5-6H2,2-3H3,(H,15,17)(H,19,20). The van der Waals surface area contributed by atoms with Gasteiger partial charge in [-0.05, 0) is 6.42 Å². The van der Waals surface area contributed by atoms with E-state index >= 15 is 0 Å². The lowest BCUT2D eigenvalue weighted by molar-refractivity contribution is 0.0697. The number of aromatic nitrogens is 3. The fourth-order valence-electron chi connectivity index (χ4n) is 2.06. The van der Waals surface area contributed by atoms with Crippen molar-refractivity contribution >= 4 is 22.7 Å².